The first kappa shape index (κ1) is 82.9. The van der Waals surface area contributed by atoms with Crippen molar-refractivity contribution in [3.8, 4) is 33.9 Å². The van der Waals surface area contributed by atoms with E-state index in [0.29, 0.717) is 63.4 Å². The molecule has 0 spiro atoms. The van der Waals surface area contributed by atoms with Crippen LogP contribution in [0.25, 0.3) is 44.3 Å². The van der Waals surface area contributed by atoms with Gasteiger partial charge in [-0.2, -0.15) is 0 Å². The molecule has 1 fully saturated rings. The van der Waals surface area contributed by atoms with Crippen LogP contribution in [0.3, 0.4) is 0 Å². The van der Waals surface area contributed by atoms with Gasteiger partial charge >= 0.3 is 11.9 Å². The van der Waals surface area contributed by atoms with Crippen molar-refractivity contribution >= 4 is 126 Å². The lowest BCUT2D eigenvalue weighted by atomic mass is 9.90. The van der Waals surface area contributed by atoms with Crippen molar-refractivity contribution in [1.29, 1.82) is 0 Å². The number of rotatable bonds is 27. The maximum absolute atomic E-state index is 15.4. The van der Waals surface area contributed by atoms with Crippen LogP contribution >= 0.6 is 33.8 Å². The molecule has 9 rings (SSSR count). The lowest BCUT2D eigenvalue weighted by molar-refractivity contribution is -0.145. The first-order valence-electron chi connectivity index (χ1n) is 35.4. The summed E-state index contributed by atoms with van der Waals surface area (Å²) in [6.07, 6.45) is -1.10. The second-order valence-corrected chi connectivity index (χ2v) is 29.4. The summed E-state index contributed by atoms with van der Waals surface area (Å²) in [6.45, 7) is 2.68. The molecule has 0 unspecified atom stereocenters. The minimum atomic E-state index is -1.91. The summed E-state index contributed by atoms with van der Waals surface area (Å²) in [6, 6.07) is 19.4. The van der Waals surface area contributed by atoms with Crippen molar-refractivity contribution in [2.75, 3.05) is 29.9 Å². The number of aromatic hydroxyl groups is 2. The van der Waals surface area contributed by atoms with Gasteiger partial charge in [0.15, 0.2) is 16.6 Å². The summed E-state index contributed by atoms with van der Waals surface area (Å²) in [5, 5.41) is 90.9. The maximum Gasteiger partial charge on any atom is 0.336 e. The van der Waals surface area contributed by atoms with E-state index in [-0.39, 0.29) is 102 Å². The largest absolute Gasteiger partial charge is 0.508 e. The topological polar surface area (TPSA) is 510 Å². The van der Waals surface area contributed by atoms with Crippen LogP contribution in [0.5, 0.6) is 11.5 Å². The number of aromatic amines is 1. The fourth-order valence-electron chi connectivity index (χ4n) is 12.4. The Morgan fingerprint density at radius 1 is 0.618 bits per heavy atom. The van der Waals surface area contributed by atoms with Crippen LogP contribution in [0.2, 0.25) is 0 Å². The number of H-pyrrole nitrogens is 1. The molecule has 2 aliphatic heterocycles. The van der Waals surface area contributed by atoms with Gasteiger partial charge in [-0.15, -0.1) is 0 Å². The number of thiocarbonyl (C=S) groups is 1. The van der Waals surface area contributed by atoms with Gasteiger partial charge in [0.25, 0.3) is 0 Å². The van der Waals surface area contributed by atoms with Crippen molar-refractivity contribution in [2.45, 2.75) is 138 Å². The van der Waals surface area contributed by atoms with E-state index in [4.69, 9.17) is 28.1 Å². The van der Waals surface area contributed by atoms with Crippen molar-refractivity contribution in [1.82, 2.24) is 52.8 Å². The predicted octanol–water partition coefficient (Wildman–Crippen LogP) is 2.92. The normalized spacial score (nSPS) is 19.0. The highest BCUT2D eigenvalue weighted by Gasteiger charge is 2.39. The molecule has 582 valence electrons. The van der Waals surface area contributed by atoms with Crippen LogP contribution in [0, 0.1) is 0 Å². The lowest BCUT2D eigenvalue weighted by Gasteiger charge is -2.29. The SMILES string of the molecule is C[C@@H](O)[C@H](NC(=O)[C@@H]1CSSC[C@H](NC(=O)[C@@H](Cc2ccccc2)NC(=O)[C@H](CCCCN)NC(=S)Nc2ccc(-c3c4ccc(=O)cc-4oc4cc(O)ccc34)c(C(=O)O)c2)C(=O)N[C@@H](Cc2ccc(O)cc2)C(=O)N[C@H](Cc2c[nH]c3ccccc23)C(=O)N[C@@H](CCCCN)C(=O)N[C@H]([C@@H](C)O)C(=O)N1)C(=O)O. The molecule has 3 aliphatic rings. The Labute approximate surface area is 643 Å². The van der Waals surface area contributed by atoms with Gasteiger partial charge in [-0.25, -0.2) is 9.59 Å². The number of carbonyl (C=O) groups excluding carboxylic acids is 8. The number of aliphatic hydroxyl groups excluding tert-OH is 2. The van der Waals surface area contributed by atoms with Crippen LogP contribution in [0.1, 0.15) is 79.4 Å². The van der Waals surface area contributed by atoms with E-state index in [1.807, 2.05) is 0 Å². The molecular formula is C76H87N13O18S3. The van der Waals surface area contributed by atoms with Crippen LogP contribution in [0.4, 0.5) is 5.69 Å². The van der Waals surface area contributed by atoms with Gasteiger partial charge in [0, 0.05) is 82.2 Å². The number of aliphatic carboxylic acids is 1. The molecule has 6 aromatic rings. The molecule has 5 aromatic carbocycles. The Balaban J connectivity index is 1.06. The number of aliphatic hydroxyl groups is 2. The number of carboxylic acid groups (broad SMARTS) is 2. The second-order valence-electron chi connectivity index (χ2n) is 26.5. The number of nitrogens with two attached hydrogens (primary N) is 2. The van der Waals surface area contributed by atoms with Crippen LogP contribution in [0.15, 0.2) is 149 Å². The molecule has 11 atom stereocenters. The second kappa shape index (κ2) is 39.3. The zero-order chi connectivity index (χ0) is 79.3. The number of unbranched alkanes of at least 4 members (excludes halogenated alkanes) is 2. The number of hydrogen-bond acceptors (Lipinski definition) is 21. The number of aromatic carboxylic acids is 1. The Morgan fingerprint density at radius 2 is 1.27 bits per heavy atom. The standard InChI is InChI=1S/C76H87N13O18S3/c1-39(90)64-73(102)86-60(72(101)89-65(40(2)91)75(105)106)38-110-109-37-59(71(100)83-57(31-42-18-21-45(92)22-19-42)68(97)84-58(32-43-36-79-53-15-7-6-14-48(43)53)70(99)81-54(67(96)88-64)16-8-10-28-77)85-69(98)56(30-41-12-4-3-5-13-41)82-66(95)55(17-9-11-29-78)87-76(108)80-44-20-25-49(52(33-44)74(103)104)63-50-26-23-46(93)34-61(50)107-62-35-47(94)24-27-51(62)63/h3-7,12-15,18-27,33-36,39-40,54-60,64-65,79,90-93H,8-11,16-17,28-32,37-38,77-78H2,1-2H3,(H,81,99)(H,82,95)(H,83,100)(H,84,97)(H,85,98)(H,86,102)(H,88,96)(H,89,101)(H,103,104)(H,105,106)(H2,80,87,108)/t39-,40-,54+,55+,56-,57+,58-,59+,60+,64-,65+/m1/s1. The quantitative estimate of drug-likeness (QED) is 0.0152. The molecule has 110 heavy (non-hydrogen) atoms. The van der Waals surface area contributed by atoms with Gasteiger partial charge in [-0.3, -0.25) is 43.2 Å². The first-order valence-corrected chi connectivity index (χ1v) is 38.3. The third-order valence-corrected chi connectivity index (χ3v) is 20.8. The molecular weight excluding hydrogens is 1480 g/mol. The number of fused-ring (bicyclic) bond motifs is 3. The highest BCUT2D eigenvalue weighted by Crippen LogP contribution is 2.42. The van der Waals surface area contributed by atoms with Crippen molar-refractivity contribution in [3.63, 3.8) is 0 Å². The molecule has 34 heteroatoms. The number of anilines is 1. The number of aromatic nitrogens is 1. The predicted molar refractivity (Wildman–Crippen MR) is 417 cm³/mol. The molecule has 1 aromatic heterocycles. The highest BCUT2D eigenvalue weighted by molar-refractivity contribution is 8.76. The third-order valence-electron chi connectivity index (χ3n) is 18.2. The zero-order valence-electron chi connectivity index (χ0n) is 59.8. The molecule has 21 N–H and O–H groups in total. The van der Waals surface area contributed by atoms with Gasteiger partial charge in [0.05, 0.1) is 17.8 Å². The Kier molecular flexibility index (Phi) is 29.6. The number of amides is 8. The van der Waals surface area contributed by atoms with Gasteiger partial charge in [-0.1, -0.05) is 88.3 Å². The number of benzene rings is 6. The molecule has 8 amide bonds. The average Bonchev–Trinajstić information content (AvgIpc) is 1.30. The minimum Gasteiger partial charge on any atom is -0.508 e. The van der Waals surface area contributed by atoms with E-state index in [9.17, 15) is 59.4 Å². The van der Waals surface area contributed by atoms with Gasteiger partial charge in [-0.05, 0) is 155 Å². The van der Waals surface area contributed by atoms with E-state index in [0.717, 1.165) is 28.5 Å². The minimum absolute atomic E-state index is 0.0660. The van der Waals surface area contributed by atoms with Crippen molar-refractivity contribution in [2.24, 2.45) is 11.5 Å². The Bertz CT molecular complexity index is 4680. The number of carbonyl (C=O) groups is 10. The van der Waals surface area contributed by atoms with E-state index in [1.165, 1.54) is 73.7 Å². The van der Waals surface area contributed by atoms with E-state index in [1.54, 1.807) is 72.9 Å². The maximum atomic E-state index is 15.4. The lowest BCUT2D eigenvalue weighted by Crippen LogP contribution is -2.62. The Hall–Kier alpha value is -11.1. The summed E-state index contributed by atoms with van der Waals surface area (Å²) in [7, 11) is 1.67. The van der Waals surface area contributed by atoms with Crippen LogP contribution < -0.4 is 70.1 Å². The number of phenols is 2. The summed E-state index contributed by atoms with van der Waals surface area (Å²) in [5.41, 5.74) is 14.6. The van der Waals surface area contributed by atoms with E-state index >= 15 is 24.0 Å². The summed E-state index contributed by atoms with van der Waals surface area (Å²) in [4.78, 5) is 160. The number of phenolic OH excluding ortho intramolecular Hbond substituents is 2. The fraction of sp³-hybridized carbons (Fsp3) is 0.342. The first-order chi connectivity index (χ1) is 52.7. The molecule has 1 saturated heterocycles. The number of carboxylic acids is 2. The number of nitrogens with one attached hydrogen (secondary N) is 11. The van der Waals surface area contributed by atoms with Gasteiger partial charge < -0.3 is 105 Å². The van der Waals surface area contributed by atoms with Gasteiger partial charge in [0.2, 0.25) is 47.3 Å². The summed E-state index contributed by atoms with van der Waals surface area (Å²) < 4.78 is 5.99. The molecule has 31 nitrogen and oxygen atoms in total. The monoisotopic (exact) mass is 1570 g/mol. The average molecular weight is 1570 g/mol. The van der Waals surface area contributed by atoms with Gasteiger partial charge in [0.1, 0.15) is 71.2 Å². The molecule has 3 heterocycles. The summed E-state index contributed by atoms with van der Waals surface area (Å²) >= 11 is 5.80. The fourth-order valence-corrected chi connectivity index (χ4v) is 15.0. The summed E-state index contributed by atoms with van der Waals surface area (Å²) in [5.74, 6) is -12.0. The van der Waals surface area contributed by atoms with Crippen LogP contribution in [-0.4, -0.2) is 191 Å². The molecule has 1 aliphatic carbocycles. The Morgan fingerprint density at radius 3 is 1.97 bits per heavy atom. The third kappa shape index (κ3) is 22.5. The molecule has 0 saturated carbocycles. The number of hydrogen-bond donors (Lipinski definition) is 19. The zero-order valence-corrected chi connectivity index (χ0v) is 62.2. The van der Waals surface area contributed by atoms with Crippen molar-refractivity contribution in [3.05, 3.63) is 172 Å². The van der Waals surface area contributed by atoms with Crippen LogP contribution in [-0.2, 0) is 62.4 Å². The number of para-hydroxylation sites is 1. The van der Waals surface area contributed by atoms with E-state index in [2.05, 4.69) is 58.2 Å². The van der Waals surface area contributed by atoms with Crippen molar-refractivity contribution < 1.29 is 83.0 Å². The highest BCUT2D eigenvalue weighted by atomic mass is 33.1. The van der Waals surface area contributed by atoms with E-state index < -0.39 is 137 Å². The molecule has 0 radical (unpaired) electrons. The smallest absolute Gasteiger partial charge is 0.336 e. The molecule has 0 bridgehead atoms.